The van der Waals surface area contributed by atoms with Gasteiger partial charge >= 0.3 is 0 Å². The second-order valence-corrected chi connectivity index (χ2v) is 13.5. The van der Waals surface area contributed by atoms with E-state index < -0.39 is 15.6 Å². The number of benzene rings is 2. The molecule has 2 aromatic carbocycles. The second-order valence-electron chi connectivity index (χ2n) is 11.6. The van der Waals surface area contributed by atoms with E-state index >= 15 is 0 Å². The van der Waals surface area contributed by atoms with Crippen LogP contribution in [-0.4, -0.2) is 57.0 Å². The van der Waals surface area contributed by atoms with Gasteiger partial charge in [-0.3, -0.25) is 0 Å². The Morgan fingerprint density at radius 3 is 1.60 bits per heavy atom. The molecule has 5 rings (SSSR count). The maximum absolute atomic E-state index is 12.4. The molecular weight excluding hydrogens is 652 g/mol. The molecule has 3 aliphatic rings. The zero-order valence-corrected chi connectivity index (χ0v) is 28.9. The summed E-state index contributed by atoms with van der Waals surface area (Å²) < 4.78 is 26.3. The van der Waals surface area contributed by atoms with Crippen LogP contribution in [-0.2, 0) is 15.6 Å². The quantitative estimate of drug-likeness (QED) is 0.247. The molecule has 3 fully saturated rings. The van der Waals surface area contributed by atoms with Crippen LogP contribution in [0.5, 0.6) is 0 Å². The minimum absolute atomic E-state index is 0. The Hall–Kier alpha value is -0.770. The number of nitrogens with zero attached hydrogens (tertiary/aromatic N) is 1. The number of hydrogen-bond donors (Lipinski definition) is 2. The van der Waals surface area contributed by atoms with Crippen LogP contribution in [0.15, 0.2) is 60.7 Å². The van der Waals surface area contributed by atoms with Gasteiger partial charge in [0.15, 0.2) is 0 Å². The van der Waals surface area contributed by atoms with Gasteiger partial charge in [0, 0.05) is 37.6 Å². The lowest BCUT2D eigenvalue weighted by Gasteiger charge is -2.60. The Labute approximate surface area is 265 Å². The van der Waals surface area contributed by atoms with Gasteiger partial charge in [0.05, 0.1) is 32.4 Å². The predicted molar refractivity (Wildman–Crippen MR) is 169 cm³/mol. The molecule has 0 aromatic heterocycles. The van der Waals surface area contributed by atoms with Crippen LogP contribution < -0.4 is 21.7 Å². The van der Waals surface area contributed by atoms with Crippen LogP contribution in [0, 0.1) is 5.41 Å². The van der Waals surface area contributed by atoms with Gasteiger partial charge in [0.25, 0.3) is 0 Å². The number of hydrogen-bond acceptors (Lipinski definition) is 3. The van der Waals surface area contributed by atoms with Gasteiger partial charge in [0.2, 0.25) is 10.0 Å². The van der Waals surface area contributed by atoms with Crippen LogP contribution in [0.1, 0.15) is 89.2 Å². The number of nitrogens with one attached hydrogen (secondary N) is 1. The van der Waals surface area contributed by atoms with Crippen molar-refractivity contribution < 1.29 is 35.0 Å². The van der Waals surface area contributed by atoms with Crippen LogP contribution >= 0.6 is 17.0 Å². The number of sulfonamides is 1. The molecule has 5 nitrogen and oxygen atoms in total. The maximum Gasteiger partial charge on any atom is 0.208 e. The fourth-order valence-electron chi connectivity index (χ4n) is 6.61. The van der Waals surface area contributed by atoms with E-state index in [-0.39, 0.29) is 39.4 Å². The first-order valence-corrected chi connectivity index (χ1v) is 16.7. The van der Waals surface area contributed by atoms with Crippen molar-refractivity contribution in [2.45, 2.75) is 83.7 Å². The van der Waals surface area contributed by atoms with Crippen molar-refractivity contribution in [2.75, 3.05) is 39.0 Å². The molecule has 3 saturated heterocycles. The second kappa shape index (κ2) is 17.4. The van der Waals surface area contributed by atoms with E-state index in [1.165, 1.54) is 44.8 Å². The molecule has 40 heavy (non-hydrogen) atoms. The van der Waals surface area contributed by atoms with E-state index in [1.807, 2.05) is 36.4 Å². The summed E-state index contributed by atoms with van der Waals surface area (Å²) in [6.07, 6.45) is 13.5. The van der Waals surface area contributed by atoms with Gasteiger partial charge in [0.1, 0.15) is 5.60 Å². The van der Waals surface area contributed by atoms with E-state index in [9.17, 15) is 13.5 Å². The Morgan fingerprint density at radius 2 is 1.23 bits per heavy atom. The van der Waals surface area contributed by atoms with Gasteiger partial charge in [-0.1, -0.05) is 113 Å². The summed E-state index contributed by atoms with van der Waals surface area (Å²) in [4.78, 5) is 0. The normalized spacial score (nSPS) is 21.9. The van der Waals surface area contributed by atoms with Gasteiger partial charge in [-0.15, -0.1) is 17.0 Å². The third kappa shape index (κ3) is 9.63. The first kappa shape index (κ1) is 37.3. The van der Waals surface area contributed by atoms with E-state index in [1.54, 1.807) is 0 Å². The van der Waals surface area contributed by atoms with Crippen LogP contribution in [0.4, 0.5) is 0 Å². The number of quaternary nitrogens is 1. The molecule has 0 radical (unpaired) electrons. The summed E-state index contributed by atoms with van der Waals surface area (Å²) in [5, 5.41) is 12.4. The molecule has 0 amide bonds. The molecule has 228 valence electrons. The SMILES string of the molecule is Br.CCCCCCCC.CS(=O)(=O)NCCC[N+]12CCC(C(O)(c3ccccc3)c3ccccc3)(CC1)CC2.[Br-]. The van der Waals surface area contributed by atoms with Crippen molar-refractivity contribution in [1.29, 1.82) is 0 Å². The molecule has 0 spiro atoms. The highest BCUT2D eigenvalue weighted by molar-refractivity contribution is 8.93. The minimum atomic E-state index is -3.12. The van der Waals surface area contributed by atoms with E-state index in [2.05, 4.69) is 42.8 Å². The van der Waals surface area contributed by atoms with Crippen molar-refractivity contribution in [3.05, 3.63) is 71.8 Å². The van der Waals surface area contributed by atoms with Crippen LogP contribution in [0.25, 0.3) is 0 Å². The first-order chi connectivity index (χ1) is 18.2. The van der Waals surface area contributed by atoms with E-state index in [0.717, 1.165) is 67.5 Å². The maximum atomic E-state index is 12.4. The molecular formula is C32H52Br2N2O3S. The van der Waals surface area contributed by atoms with E-state index in [0.29, 0.717) is 6.54 Å². The summed E-state index contributed by atoms with van der Waals surface area (Å²) in [5.41, 5.74) is 0.802. The highest BCUT2D eigenvalue weighted by Crippen LogP contribution is 2.57. The number of unbranched alkanes of at least 4 members (excludes halogenated alkanes) is 5. The molecule has 8 heteroatoms. The topological polar surface area (TPSA) is 66.4 Å². The Balaban J connectivity index is 0.000000704. The first-order valence-electron chi connectivity index (χ1n) is 14.8. The molecule has 0 saturated carbocycles. The summed E-state index contributed by atoms with van der Waals surface area (Å²) in [6, 6.07) is 20.3. The summed E-state index contributed by atoms with van der Waals surface area (Å²) in [7, 11) is -3.12. The molecule has 0 unspecified atom stereocenters. The predicted octanol–water partition coefficient (Wildman–Crippen LogP) is 3.81. The number of fused-ring (bicyclic) bond motifs is 3. The van der Waals surface area contributed by atoms with Gasteiger partial charge < -0.3 is 26.6 Å². The van der Waals surface area contributed by atoms with Crippen LogP contribution in [0.3, 0.4) is 0 Å². The molecule has 0 aliphatic carbocycles. The van der Waals surface area contributed by atoms with Gasteiger partial charge in [-0.25, -0.2) is 13.1 Å². The van der Waals surface area contributed by atoms with Gasteiger partial charge in [-0.05, 0) is 11.1 Å². The van der Waals surface area contributed by atoms with Crippen LogP contribution in [0.2, 0.25) is 0 Å². The summed E-state index contributed by atoms with van der Waals surface area (Å²) in [6.45, 7) is 9.14. The highest BCUT2D eigenvalue weighted by Gasteiger charge is 2.60. The minimum Gasteiger partial charge on any atom is -1.00 e. The molecule has 0 atom stereocenters. The monoisotopic (exact) mass is 702 g/mol. The standard InChI is InChI=1S/C24H33N2O3S.C8H18.2BrH/c1-30(28,29)25-16-8-17-26-18-13-23(14-19-26,15-20-26)24(27,21-9-4-2-5-10-21)22-11-6-3-7-12-22;1-3-5-7-8-6-4-2;;/h2-7,9-12,25,27H,8,13-20H2,1H3;3-8H2,1-2H3;2*1H/q+1;;;/p-1. The summed E-state index contributed by atoms with van der Waals surface area (Å²) in [5.74, 6) is 0. The van der Waals surface area contributed by atoms with Crippen molar-refractivity contribution in [1.82, 2.24) is 4.72 Å². The molecule has 3 aliphatic heterocycles. The lowest BCUT2D eigenvalue weighted by atomic mass is 9.56. The molecule has 2 bridgehead atoms. The lowest BCUT2D eigenvalue weighted by Crippen LogP contribution is -3.00. The third-order valence-electron chi connectivity index (χ3n) is 8.98. The fraction of sp³-hybridized carbons (Fsp3) is 0.625. The average molecular weight is 705 g/mol. The zero-order valence-electron chi connectivity index (χ0n) is 24.8. The number of aliphatic hydroxyl groups is 1. The lowest BCUT2D eigenvalue weighted by molar-refractivity contribution is -0.946. The summed E-state index contributed by atoms with van der Waals surface area (Å²) >= 11 is 0. The number of halogens is 2. The van der Waals surface area contributed by atoms with Crippen molar-refractivity contribution in [3.8, 4) is 0 Å². The molecule has 3 heterocycles. The fourth-order valence-corrected chi connectivity index (χ4v) is 7.12. The molecule has 2 aromatic rings. The smallest absolute Gasteiger partial charge is 0.208 e. The zero-order chi connectivity index (χ0) is 27.5. The number of rotatable bonds is 13. The Kier molecular flexibility index (Phi) is 16.2. The van der Waals surface area contributed by atoms with Crippen molar-refractivity contribution in [2.24, 2.45) is 5.41 Å². The molecule has 2 N–H and O–H groups in total. The Morgan fingerprint density at radius 1 is 0.800 bits per heavy atom. The average Bonchev–Trinajstić information content (AvgIpc) is 2.95. The number of piperidine rings is 3. The van der Waals surface area contributed by atoms with Crippen molar-refractivity contribution in [3.63, 3.8) is 0 Å². The largest absolute Gasteiger partial charge is 1.00 e. The van der Waals surface area contributed by atoms with Crippen molar-refractivity contribution >= 4 is 27.0 Å². The third-order valence-corrected chi connectivity index (χ3v) is 9.70. The Bertz CT molecular complexity index is 998. The highest BCUT2D eigenvalue weighted by atomic mass is 79.9. The van der Waals surface area contributed by atoms with Gasteiger partial charge in [-0.2, -0.15) is 0 Å². The van der Waals surface area contributed by atoms with E-state index in [4.69, 9.17) is 0 Å².